The molecule has 1 unspecified atom stereocenters. The van der Waals surface area contributed by atoms with E-state index in [1.165, 1.54) is 23.9 Å². The van der Waals surface area contributed by atoms with Gasteiger partial charge < -0.3 is 20.5 Å². The number of carbonyl (C=O) groups is 3. The first-order valence-electron chi connectivity index (χ1n) is 12.9. The van der Waals surface area contributed by atoms with Gasteiger partial charge in [-0.15, -0.1) is 11.8 Å². The normalized spacial score (nSPS) is 16.9. The molecule has 1 fully saturated rings. The van der Waals surface area contributed by atoms with E-state index in [-0.39, 0.29) is 24.0 Å². The van der Waals surface area contributed by atoms with Crippen molar-refractivity contribution in [2.75, 3.05) is 0 Å². The fourth-order valence-electron chi connectivity index (χ4n) is 4.44. The van der Waals surface area contributed by atoms with Crippen molar-refractivity contribution in [3.63, 3.8) is 0 Å². The van der Waals surface area contributed by atoms with Crippen molar-refractivity contribution in [3.05, 3.63) is 138 Å². The quantitative estimate of drug-likeness (QED) is 0.195. The molecule has 202 valence electrons. The largest absolute Gasteiger partial charge is 0.508 e. The van der Waals surface area contributed by atoms with E-state index in [0.717, 1.165) is 16.7 Å². The number of thioether (sulfide) groups is 1. The van der Waals surface area contributed by atoms with Crippen LogP contribution in [0, 0.1) is 0 Å². The summed E-state index contributed by atoms with van der Waals surface area (Å²) in [5.74, 6) is -1.05. The van der Waals surface area contributed by atoms with Crippen LogP contribution in [0.4, 0.5) is 0 Å². The molecule has 3 N–H and O–H groups in total. The maximum absolute atomic E-state index is 13.8. The third kappa shape index (κ3) is 6.52. The molecule has 0 spiro atoms. The summed E-state index contributed by atoms with van der Waals surface area (Å²) < 4.78 is 6.14. The van der Waals surface area contributed by atoms with E-state index in [1.807, 2.05) is 91.0 Å². The number of hydrogen-bond acceptors (Lipinski definition) is 6. The van der Waals surface area contributed by atoms with E-state index in [4.69, 9.17) is 4.74 Å². The first-order valence-corrected chi connectivity index (χ1v) is 13.8. The summed E-state index contributed by atoms with van der Waals surface area (Å²) >= 11 is 1.19. The number of hydrogen-bond donors (Lipinski definition) is 3. The van der Waals surface area contributed by atoms with E-state index < -0.39 is 28.7 Å². The van der Waals surface area contributed by atoms with Crippen molar-refractivity contribution in [1.82, 2.24) is 10.6 Å². The monoisotopic (exact) mass is 552 g/mol. The molecule has 5 rings (SSSR count). The summed E-state index contributed by atoms with van der Waals surface area (Å²) in [4.78, 5) is 38.9. The van der Waals surface area contributed by atoms with Gasteiger partial charge in [0, 0.05) is 0 Å². The minimum Gasteiger partial charge on any atom is -0.508 e. The molecule has 0 aromatic heterocycles. The fraction of sp³-hybridized carbons (Fsp3) is 0.156. The highest BCUT2D eigenvalue weighted by Crippen LogP contribution is 2.39. The zero-order chi connectivity index (χ0) is 27.9. The van der Waals surface area contributed by atoms with Crippen LogP contribution >= 0.6 is 11.8 Å². The van der Waals surface area contributed by atoms with Crippen LogP contribution in [0.25, 0.3) is 0 Å². The van der Waals surface area contributed by atoms with Crippen LogP contribution in [-0.2, 0) is 25.5 Å². The maximum atomic E-state index is 13.8. The molecule has 8 heteroatoms. The van der Waals surface area contributed by atoms with Crippen LogP contribution < -0.4 is 10.6 Å². The molecule has 40 heavy (non-hydrogen) atoms. The molecule has 4 aromatic rings. The number of phenolic OH excluding ortho intramolecular Hbond substituents is 1. The molecular weight excluding hydrogens is 524 g/mol. The second-order valence-electron chi connectivity index (χ2n) is 9.38. The summed E-state index contributed by atoms with van der Waals surface area (Å²) in [6.07, 6.45) is -0.506. The molecule has 0 saturated carbocycles. The predicted octanol–water partition coefficient (Wildman–Crippen LogP) is 4.68. The molecule has 1 heterocycles. The molecule has 0 bridgehead atoms. The van der Waals surface area contributed by atoms with Crippen molar-refractivity contribution in [1.29, 1.82) is 0 Å². The summed E-state index contributed by atoms with van der Waals surface area (Å²) in [5, 5.41) is 14.0. The van der Waals surface area contributed by atoms with Crippen molar-refractivity contribution >= 4 is 29.5 Å². The molecular formula is C32H28N2O5S. The molecule has 1 saturated heterocycles. The zero-order valence-corrected chi connectivity index (χ0v) is 22.3. The van der Waals surface area contributed by atoms with Gasteiger partial charge >= 0.3 is 5.97 Å². The topological polar surface area (TPSA) is 105 Å². The third-order valence-electron chi connectivity index (χ3n) is 6.52. The first kappa shape index (κ1) is 27.0. The Balaban J connectivity index is 1.36. The molecule has 0 radical (unpaired) electrons. The number of nitrogens with one attached hydrogen (secondary N) is 2. The zero-order valence-electron chi connectivity index (χ0n) is 21.5. The van der Waals surface area contributed by atoms with E-state index in [2.05, 4.69) is 10.6 Å². The van der Waals surface area contributed by atoms with Gasteiger partial charge in [-0.2, -0.15) is 0 Å². The highest BCUT2D eigenvalue weighted by molar-refractivity contribution is 8.01. The number of carbonyl (C=O) groups excluding carboxylic acids is 3. The number of ether oxygens (including phenoxy) is 1. The lowest BCUT2D eigenvalue weighted by atomic mass is 10.0. The van der Waals surface area contributed by atoms with E-state index in [1.54, 1.807) is 12.1 Å². The maximum Gasteiger partial charge on any atom is 0.324 e. The van der Waals surface area contributed by atoms with Gasteiger partial charge in [-0.1, -0.05) is 103 Å². The van der Waals surface area contributed by atoms with E-state index in [0.29, 0.717) is 5.56 Å². The SMILES string of the molecule is O=C(Cc1ccccc1)N[C@@H]1C(=O)N[C@@H]1SC(C(=O)OC(c1ccccc1)c1ccccc1)c1ccc(O)cc1. The Hall–Kier alpha value is -4.56. The average Bonchev–Trinajstić information content (AvgIpc) is 2.98. The van der Waals surface area contributed by atoms with Crippen LogP contribution in [0.2, 0.25) is 0 Å². The Morgan fingerprint density at radius 1 is 0.800 bits per heavy atom. The molecule has 0 aliphatic carbocycles. The van der Waals surface area contributed by atoms with Crippen LogP contribution in [0.1, 0.15) is 33.6 Å². The van der Waals surface area contributed by atoms with Crippen LogP contribution in [0.15, 0.2) is 115 Å². The standard InChI is InChI=1S/C32H28N2O5S/c35-25-18-16-24(17-19-25)29(32(38)39-28(22-12-6-2-7-13-22)23-14-8-3-9-15-23)40-31-27(30(37)34-31)33-26(36)20-21-10-4-1-5-11-21/h1-19,27-29,31,35H,20H2,(H,33,36)(H,34,37)/t27-,29?,31-/m1/s1. The molecule has 3 atom stereocenters. The number of aromatic hydroxyl groups is 1. The lowest BCUT2D eigenvalue weighted by Crippen LogP contribution is -2.68. The van der Waals surface area contributed by atoms with Crippen molar-refractivity contribution in [2.45, 2.75) is 29.2 Å². The van der Waals surface area contributed by atoms with Gasteiger partial charge in [0.05, 0.1) is 6.42 Å². The minimum absolute atomic E-state index is 0.0651. The molecule has 2 amide bonds. The molecule has 1 aliphatic heterocycles. The predicted molar refractivity (Wildman–Crippen MR) is 153 cm³/mol. The molecule has 4 aromatic carbocycles. The molecule has 1 aliphatic rings. The van der Waals surface area contributed by atoms with E-state index >= 15 is 0 Å². The molecule has 7 nitrogen and oxygen atoms in total. The highest BCUT2D eigenvalue weighted by atomic mass is 32.2. The van der Waals surface area contributed by atoms with Crippen LogP contribution in [0.3, 0.4) is 0 Å². The van der Waals surface area contributed by atoms with Gasteiger partial charge in [0.2, 0.25) is 11.8 Å². The average molecular weight is 553 g/mol. The van der Waals surface area contributed by atoms with E-state index in [9.17, 15) is 19.5 Å². The summed E-state index contributed by atoms with van der Waals surface area (Å²) in [5.41, 5.74) is 3.07. The smallest absolute Gasteiger partial charge is 0.324 e. The second kappa shape index (κ2) is 12.5. The van der Waals surface area contributed by atoms with Gasteiger partial charge in [-0.05, 0) is 34.4 Å². The number of rotatable bonds is 10. The lowest BCUT2D eigenvalue weighted by Gasteiger charge is -2.38. The van der Waals surface area contributed by atoms with Crippen molar-refractivity contribution in [3.8, 4) is 5.75 Å². The Bertz CT molecular complexity index is 1410. The summed E-state index contributed by atoms with van der Waals surface area (Å²) in [6, 6.07) is 33.7. The number of benzene rings is 4. The van der Waals surface area contributed by atoms with Crippen LogP contribution in [-0.4, -0.2) is 34.3 Å². The second-order valence-corrected chi connectivity index (χ2v) is 10.6. The van der Waals surface area contributed by atoms with Gasteiger partial charge in [-0.3, -0.25) is 14.4 Å². The fourth-order valence-corrected chi connectivity index (χ4v) is 5.75. The summed E-state index contributed by atoms with van der Waals surface area (Å²) in [6.45, 7) is 0. The lowest BCUT2D eigenvalue weighted by molar-refractivity contribution is -0.147. The van der Waals surface area contributed by atoms with Gasteiger partial charge in [-0.25, -0.2) is 0 Å². The Kier molecular flexibility index (Phi) is 8.47. The number of β-lactam (4-membered cyclic amide) rings is 1. The first-order chi connectivity index (χ1) is 19.5. The Morgan fingerprint density at radius 2 is 1.35 bits per heavy atom. The van der Waals surface area contributed by atoms with Gasteiger partial charge in [0.1, 0.15) is 22.4 Å². The number of amides is 2. The highest BCUT2D eigenvalue weighted by Gasteiger charge is 2.44. The van der Waals surface area contributed by atoms with Crippen molar-refractivity contribution in [2.24, 2.45) is 0 Å². The van der Waals surface area contributed by atoms with Gasteiger partial charge in [0.25, 0.3) is 0 Å². The number of esters is 1. The van der Waals surface area contributed by atoms with Gasteiger partial charge in [0.15, 0.2) is 6.10 Å². The van der Waals surface area contributed by atoms with Crippen molar-refractivity contribution < 1.29 is 24.2 Å². The Morgan fingerprint density at radius 3 is 1.90 bits per heavy atom. The number of phenols is 1. The summed E-state index contributed by atoms with van der Waals surface area (Å²) in [7, 11) is 0. The third-order valence-corrected chi connectivity index (χ3v) is 7.95. The Labute approximate surface area is 236 Å². The van der Waals surface area contributed by atoms with Crippen LogP contribution in [0.5, 0.6) is 5.75 Å². The minimum atomic E-state index is -0.838.